The predicted octanol–water partition coefficient (Wildman–Crippen LogP) is 6.00. The molecule has 0 aliphatic heterocycles. The largest absolute Gasteiger partial charge is 0.351 e. The molecule has 0 atom stereocenters. The second kappa shape index (κ2) is 16.4. The molecule has 0 aromatic rings. The van der Waals surface area contributed by atoms with Gasteiger partial charge in [-0.1, -0.05) is 59.1 Å². The molecule has 0 spiro atoms. The first kappa shape index (κ1) is 22.6. The van der Waals surface area contributed by atoms with E-state index in [1.165, 1.54) is 0 Å². The third-order valence-electron chi connectivity index (χ3n) is 1.92. The first-order chi connectivity index (χ1) is 9.02. The number of halogens is 1. The van der Waals surface area contributed by atoms with Crippen LogP contribution in [0.5, 0.6) is 0 Å². The van der Waals surface area contributed by atoms with Crippen LogP contribution in [0.2, 0.25) is 0 Å². The molecular formula is C17H30FN. The van der Waals surface area contributed by atoms with Crippen molar-refractivity contribution in [2.24, 2.45) is 0 Å². The van der Waals surface area contributed by atoms with Crippen molar-refractivity contribution < 1.29 is 4.39 Å². The zero-order valence-corrected chi connectivity index (χ0v) is 13.6. The quantitative estimate of drug-likeness (QED) is 0.552. The first-order valence-electron chi connectivity index (χ1n) is 6.74. The van der Waals surface area contributed by atoms with E-state index in [1.807, 2.05) is 64.8 Å². The molecule has 0 fully saturated rings. The smallest absolute Gasteiger partial charge is 0.120 e. The van der Waals surface area contributed by atoms with Crippen LogP contribution < -0.4 is 0 Å². The molecule has 110 valence electrons. The molecule has 0 saturated heterocycles. The van der Waals surface area contributed by atoms with Crippen molar-refractivity contribution in [2.45, 2.75) is 41.5 Å². The predicted molar refractivity (Wildman–Crippen MR) is 87.6 cm³/mol. The van der Waals surface area contributed by atoms with Gasteiger partial charge >= 0.3 is 0 Å². The molecule has 0 heterocycles. The van der Waals surface area contributed by atoms with Gasteiger partial charge in [-0.2, -0.15) is 0 Å². The maximum Gasteiger partial charge on any atom is 0.120 e. The minimum atomic E-state index is -0.412. The lowest BCUT2D eigenvalue weighted by molar-refractivity contribution is 0.571. The molecule has 2 heteroatoms. The molecule has 0 rings (SSSR count). The second-order valence-electron chi connectivity index (χ2n) is 3.14. The Bertz CT molecular complexity index is 322. The van der Waals surface area contributed by atoms with E-state index >= 15 is 0 Å². The van der Waals surface area contributed by atoms with E-state index in [2.05, 4.69) is 13.2 Å². The average molecular weight is 267 g/mol. The molecule has 0 aromatic carbocycles. The maximum atomic E-state index is 12.7. The van der Waals surface area contributed by atoms with Crippen molar-refractivity contribution in [3.05, 3.63) is 60.8 Å². The van der Waals surface area contributed by atoms with Gasteiger partial charge in [0.15, 0.2) is 0 Å². The third kappa shape index (κ3) is 12.7. The van der Waals surface area contributed by atoms with Crippen molar-refractivity contribution in [1.82, 2.24) is 4.90 Å². The van der Waals surface area contributed by atoms with Gasteiger partial charge in [0, 0.05) is 24.5 Å². The lowest BCUT2D eigenvalue weighted by Gasteiger charge is -2.16. The summed E-state index contributed by atoms with van der Waals surface area (Å²) in [5.41, 5.74) is 1.49. The highest BCUT2D eigenvalue weighted by Crippen LogP contribution is 2.12. The second-order valence-corrected chi connectivity index (χ2v) is 3.14. The fourth-order valence-electron chi connectivity index (χ4n) is 1.02. The number of rotatable bonds is 5. The molecular weight excluding hydrogens is 237 g/mol. The maximum absolute atomic E-state index is 12.7. The zero-order chi connectivity index (χ0) is 15.8. The van der Waals surface area contributed by atoms with E-state index in [9.17, 15) is 4.39 Å². The summed E-state index contributed by atoms with van der Waals surface area (Å²) in [6.45, 7) is 18.4. The van der Waals surface area contributed by atoms with Crippen LogP contribution in [-0.2, 0) is 0 Å². The van der Waals surface area contributed by atoms with Gasteiger partial charge in [0.2, 0.25) is 0 Å². The number of allylic oxidation sites excluding steroid dienone is 6. The van der Waals surface area contributed by atoms with Crippen LogP contribution in [0.4, 0.5) is 4.39 Å². The normalized spacial score (nSPS) is 10.9. The Labute approximate surface area is 119 Å². The Morgan fingerprint density at radius 3 is 1.95 bits per heavy atom. The van der Waals surface area contributed by atoms with E-state index in [1.54, 1.807) is 19.2 Å². The van der Waals surface area contributed by atoms with Crippen molar-refractivity contribution in [1.29, 1.82) is 0 Å². The van der Waals surface area contributed by atoms with E-state index in [0.29, 0.717) is 5.57 Å². The summed E-state index contributed by atoms with van der Waals surface area (Å²) in [5, 5.41) is 0. The Hall–Kier alpha value is -1.57. The summed E-state index contributed by atoms with van der Waals surface area (Å²) in [5.74, 6) is -0.412. The van der Waals surface area contributed by atoms with Crippen LogP contribution in [0.25, 0.3) is 0 Å². The zero-order valence-electron chi connectivity index (χ0n) is 13.6. The number of likely N-dealkylation sites (N-methyl/N-ethyl adjacent to an activating group) is 1. The Balaban J connectivity index is -0.000000579. The van der Waals surface area contributed by atoms with E-state index in [4.69, 9.17) is 0 Å². The Morgan fingerprint density at radius 1 is 1.16 bits per heavy atom. The molecule has 0 aliphatic carbocycles. The molecule has 0 unspecified atom stereocenters. The summed E-state index contributed by atoms with van der Waals surface area (Å²) in [4.78, 5) is 1.83. The van der Waals surface area contributed by atoms with E-state index < -0.39 is 5.83 Å². The summed E-state index contributed by atoms with van der Waals surface area (Å²) >= 11 is 0. The minimum Gasteiger partial charge on any atom is -0.351 e. The highest BCUT2D eigenvalue weighted by atomic mass is 19.1. The standard InChI is InChI=1S/C13H18FN.2C2H6/c1-6-8-9-13(7-2)15(5)10-11(3)12(4)14;2*1-2/h6-10H,1,4H2,2-3,5H3;2*1-2H3/b9-8-,11-10-,13-7+;;. The van der Waals surface area contributed by atoms with Gasteiger partial charge in [0.1, 0.15) is 5.83 Å². The average Bonchev–Trinajstić information content (AvgIpc) is 2.44. The molecule has 0 saturated carbocycles. The highest BCUT2D eigenvalue weighted by molar-refractivity contribution is 5.25. The fraction of sp³-hybridized carbons (Fsp3) is 0.412. The van der Waals surface area contributed by atoms with E-state index in [-0.39, 0.29) is 0 Å². The number of hydrogen-bond donors (Lipinski definition) is 0. The first-order valence-corrected chi connectivity index (χ1v) is 6.74. The van der Waals surface area contributed by atoms with Crippen LogP contribution in [0.15, 0.2) is 60.8 Å². The summed E-state index contributed by atoms with van der Waals surface area (Å²) in [6.07, 6.45) is 9.06. The molecule has 0 radical (unpaired) electrons. The monoisotopic (exact) mass is 267 g/mol. The van der Waals surface area contributed by atoms with Crippen LogP contribution in [-0.4, -0.2) is 11.9 Å². The minimum absolute atomic E-state index is 0.412. The van der Waals surface area contributed by atoms with Crippen molar-refractivity contribution in [3.8, 4) is 0 Å². The summed E-state index contributed by atoms with van der Waals surface area (Å²) < 4.78 is 12.7. The van der Waals surface area contributed by atoms with Crippen molar-refractivity contribution >= 4 is 0 Å². The highest BCUT2D eigenvalue weighted by Gasteiger charge is 1.99. The fourth-order valence-corrected chi connectivity index (χ4v) is 1.02. The number of nitrogens with zero attached hydrogens (tertiary/aromatic N) is 1. The van der Waals surface area contributed by atoms with Crippen LogP contribution in [0, 0.1) is 0 Å². The van der Waals surface area contributed by atoms with Crippen molar-refractivity contribution in [3.63, 3.8) is 0 Å². The molecule has 0 N–H and O–H groups in total. The molecule has 0 bridgehead atoms. The lowest BCUT2D eigenvalue weighted by atomic mass is 10.2. The van der Waals surface area contributed by atoms with Gasteiger partial charge in [-0.25, -0.2) is 4.39 Å². The SMILES string of the molecule is C=C/C=C\C(=C/C)N(C)/C=C(/C)C(=C)F.CC.CC. The number of hydrogen-bond acceptors (Lipinski definition) is 1. The van der Waals surface area contributed by atoms with Gasteiger partial charge in [-0.05, 0) is 19.9 Å². The lowest BCUT2D eigenvalue weighted by Crippen LogP contribution is -2.09. The van der Waals surface area contributed by atoms with Crippen molar-refractivity contribution in [2.75, 3.05) is 7.05 Å². The summed E-state index contributed by atoms with van der Waals surface area (Å²) in [6, 6.07) is 0. The van der Waals surface area contributed by atoms with Crippen LogP contribution in [0.3, 0.4) is 0 Å². The van der Waals surface area contributed by atoms with Gasteiger partial charge in [0.05, 0.1) is 0 Å². The molecule has 0 amide bonds. The van der Waals surface area contributed by atoms with E-state index in [0.717, 1.165) is 5.70 Å². The Morgan fingerprint density at radius 2 is 1.63 bits per heavy atom. The topological polar surface area (TPSA) is 3.24 Å². The summed E-state index contributed by atoms with van der Waals surface area (Å²) in [7, 11) is 1.86. The van der Waals surface area contributed by atoms with Gasteiger partial charge in [0.25, 0.3) is 0 Å². The van der Waals surface area contributed by atoms with Gasteiger partial charge in [-0.15, -0.1) is 0 Å². The van der Waals surface area contributed by atoms with Crippen LogP contribution in [0.1, 0.15) is 41.5 Å². The van der Waals surface area contributed by atoms with Crippen LogP contribution >= 0.6 is 0 Å². The van der Waals surface area contributed by atoms with Gasteiger partial charge in [-0.3, -0.25) is 0 Å². The van der Waals surface area contributed by atoms with Gasteiger partial charge < -0.3 is 4.90 Å². The Kier molecular flexibility index (Phi) is 19.5. The molecule has 19 heavy (non-hydrogen) atoms. The molecule has 0 aliphatic rings. The third-order valence-corrected chi connectivity index (χ3v) is 1.92. The molecule has 1 nitrogen and oxygen atoms in total. The molecule has 0 aromatic heterocycles.